The molecule has 1 aromatic heterocycles. The van der Waals surface area contributed by atoms with Crippen LogP contribution in [0.2, 0.25) is 0 Å². The highest BCUT2D eigenvalue weighted by atomic mass is 16.6. The van der Waals surface area contributed by atoms with E-state index in [2.05, 4.69) is 35.1 Å². The van der Waals surface area contributed by atoms with Crippen LogP contribution in [0.15, 0.2) is 24.4 Å². The Labute approximate surface area is 179 Å². The lowest BCUT2D eigenvalue weighted by Crippen LogP contribution is -2.51. The normalized spacial score (nSPS) is 19.6. The molecule has 30 heavy (non-hydrogen) atoms. The third kappa shape index (κ3) is 5.29. The Morgan fingerprint density at radius 2 is 2.10 bits per heavy atom. The maximum Gasteiger partial charge on any atom is 0.407 e. The van der Waals surface area contributed by atoms with E-state index in [1.165, 1.54) is 5.56 Å². The van der Waals surface area contributed by atoms with E-state index in [4.69, 9.17) is 4.74 Å². The van der Waals surface area contributed by atoms with Crippen molar-refractivity contribution in [2.75, 3.05) is 18.0 Å². The Bertz CT molecular complexity index is 920. The molecule has 0 unspecified atom stereocenters. The monoisotopic (exact) mass is 411 g/mol. The Morgan fingerprint density at radius 1 is 1.33 bits per heavy atom. The highest BCUT2D eigenvalue weighted by Crippen LogP contribution is 2.32. The maximum atomic E-state index is 12.3. The summed E-state index contributed by atoms with van der Waals surface area (Å²) in [6.45, 7) is 11.5. The van der Waals surface area contributed by atoms with Crippen LogP contribution in [0.5, 0.6) is 0 Å². The first-order valence-corrected chi connectivity index (χ1v) is 10.8. The zero-order chi connectivity index (χ0) is 21.9. The quantitative estimate of drug-likeness (QED) is 0.720. The molecule has 1 amide bonds. The number of nitrogens with one attached hydrogen (secondary N) is 1. The number of carbonyl (C=O) groups excluding carboxylic acids is 2. The molecule has 6 heteroatoms. The molecule has 162 valence electrons. The van der Waals surface area contributed by atoms with Crippen molar-refractivity contribution in [3.05, 3.63) is 35.5 Å². The van der Waals surface area contributed by atoms with Crippen LogP contribution < -0.4 is 10.2 Å². The number of aldehydes is 1. The number of aromatic nitrogens is 1. The smallest absolute Gasteiger partial charge is 0.407 e. The van der Waals surface area contributed by atoms with Gasteiger partial charge in [0.25, 0.3) is 0 Å². The van der Waals surface area contributed by atoms with Crippen LogP contribution in [0.4, 0.5) is 10.5 Å². The number of carbonyl (C=O) groups is 2. The number of rotatable bonds is 5. The minimum atomic E-state index is -0.522. The first-order chi connectivity index (χ1) is 14.2. The minimum absolute atomic E-state index is 0.00354. The highest BCUT2D eigenvalue weighted by Gasteiger charge is 2.29. The van der Waals surface area contributed by atoms with Crippen molar-refractivity contribution in [2.45, 2.75) is 65.5 Å². The number of fused-ring (bicyclic) bond motifs is 1. The number of anilines is 1. The highest BCUT2D eigenvalue weighted by molar-refractivity contribution is 6.02. The second-order valence-electron chi connectivity index (χ2n) is 9.37. The summed E-state index contributed by atoms with van der Waals surface area (Å²) in [5.74, 6) is 0.409. The van der Waals surface area contributed by atoms with E-state index < -0.39 is 5.60 Å². The number of nitrogens with zero attached hydrogens (tertiary/aromatic N) is 2. The number of amides is 1. The topological polar surface area (TPSA) is 71.5 Å². The number of ether oxygens (including phenoxy) is 1. The lowest BCUT2D eigenvalue weighted by Gasteiger charge is -2.39. The van der Waals surface area contributed by atoms with Gasteiger partial charge in [0.05, 0.1) is 5.52 Å². The van der Waals surface area contributed by atoms with Crippen molar-refractivity contribution in [1.82, 2.24) is 10.3 Å². The molecule has 1 aliphatic heterocycles. The summed E-state index contributed by atoms with van der Waals surface area (Å²) in [4.78, 5) is 30.7. The van der Waals surface area contributed by atoms with Crippen LogP contribution in [0.1, 0.15) is 63.4 Å². The fourth-order valence-electron chi connectivity index (χ4n) is 4.19. The third-order valence-electron chi connectivity index (χ3n) is 5.30. The third-order valence-corrected chi connectivity index (χ3v) is 5.30. The molecule has 2 aromatic rings. The van der Waals surface area contributed by atoms with Gasteiger partial charge in [-0.25, -0.2) is 4.79 Å². The lowest BCUT2D eigenvalue weighted by atomic mass is 9.94. The number of alkyl carbamates (subject to hydrolysis) is 1. The summed E-state index contributed by atoms with van der Waals surface area (Å²) in [6, 6.07) is 6.00. The molecule has 1 N–H and O–H groups in total. The molecule has 0 spiro atoms. The molecule has 3 rings (SSSR count). The maximum absolute atomic E-state index is 12.3. The van der Waals surface area contributed by atoms with Gasteiger partial charge < -0.3 is 15.0 Å². The molecule has 2 atom stereocenters. The summed E-state index contributed by atoms with van der Waals surface area (Å²) in [6.07, 6.45) is 5.25. The fraction of sp³-hybridized carbons (Fsp3) is 0.542. The second-order valence-corrected chi connectivity index (χ2v) is 9.37. The molecule has 0 radical (unpaired) electrons. The second kappa shape index (κ2) is 9.02. The van der Waals surface area contributed by atoms with E-state index in [1.54, 1.807) is 0 Å². The average Bonchev–Trinajstić information content (AvgIpc) is 2.65. The van der Waals surface area contributed by atoms with Gasteiger partial charge in [-0.1, -0.05) is 20.3 Å². The van der Waals surface area contributed by atoms with Gasteiger partial charge in [0, 0.05) is 42.0 Å². The van der Waals surface area contributed by atoms with Crippen LogP contribution in [-0.4, -0.2) is 42.1 Å². The van der Waals surface area contributed by atoms with Crippen LogP contribution in [-0.2, 0) is 11.2 Å². The van der Waals surface area contributed by atoms with Crippen LogP contribution in [0.25, 0.3) is 10.9 Å². The zero-order valence-corrected chi connectivity index (χ0v) is 18.7. The van der Waals surface area contributed by atoms with E-state index in [0.717, 1.165) is 48.7 Å². The fourth-order valence-corrected chi connectivity index (χ4v) is 4.19. The van der Waals surface area contributed by atoms with Gasteiger partial charge in [-0.3, -0.25) is 9.78 Å². The number of aryl methyl sites for hydroxylation is 1. The summed E-state index contributed by atoms with van der Waals surface area (Å²) in [7, 11) is 0. The number of pyridine rings is 1. The largest absolute Gasteiger partial charge is 0.444 e. The van der Waals surface area contributed by atoms with Crippen molar-refractivity contribution in [3.63, 3.8) is 0 Å². The Balaban J connectivity index is 1.90. The minimum Gasteiger partial charge on any atom is -0.444 e. The number of hydrogen-bond acceptors (Lipinski definition) is 5. The molecular formula is C24H33N3O3. The SMILES string of the molecule is CCCc1cnc2c(C=O)ccc(N3C[C@@H](C)C[C@@H](NC(=O)OC(C)(C)C)C3)c2c1. The average molecular weight is 412 g/mol. The Kier molecular flexibility index (Phi) is 6.64. The van der Waals surface area contributed by atoms with E-state index in [9.17, 15) is 9.59 Å². The van der Waals surface area contributed by atoms with Gasteiger partial charge in [-0.05, 0) is 63.3 Å². The van der Waals surface area contributed by atoms with Crippen molar-refractivity contribution in [3.8, 4) is 0 Å². The van der Waals surface area contributed by atoms with Gasteiger partial charge >= 0.3 is 6.09 Å². The molecule has 0 aliphatic carbocycles. The molecule has 2 heterocycles. The Hall–Kier alpha value is -2.63. The number of benzene rings is 1. The Morgan fingerprint density at radius 3 is 2.77 bits per heavy atom. The van der Waals surface area contributed by atoms with Crippen LogP contribution in [0.3, 0.4) is 0 Å². The van der Waals surface area contributed by atoms with Crippen LogP contribution in [0, 0.1) is 5.92 Å². The standard InChI is InChI=1S/C24H33N3O3/c1-6-7-17-11-20-21(9-8-18(15-28)22(20)25-12-17)27-13-16(2)10-19(14-27)26-23(29)30-24(3,4)5/h8-9,11-12,15-16,19H,6-7,10,13-14H2,1-5H3,(H,26,29)/t16-,19+/m0/s1. The predicted octanol–water partition coefficient (Wildman–Crippen LogP) is 4.74. The molecular weight excluding hydrogens is 378 g/mol. The molecule has 6 nitrogen and oxygen atoms in total. The van der Waals surface area contributed by atoms with E-state index >= 15 is 0 Å². The van der Waals surface area contributed by atoms with Crippen molar-refractivity contribution in [2.24, 2.45) is 5.92 Å². The molecule has 1 saturated heterocycles. The summed E-state index contributed by atoms with van der Waals surface area (Å²) < 4.78 is 5.44. The van der Waals surface area contributed by atoms with Crippen molar-refractivity contribution >= 4 is 29.0 Å². The van der Waals surface area contributed by atoms with Gasteiger partial charge in [0.2, 0.25) is 0 Å². The van der Waals surface area contributed by atoms with Crippen molar-refractivity contribution in [1.29, 1.82) is 0 Å². The molecule has 1 fully saturated rings. The predicted molar refractivity (Wildman–Crippen MR) is 120 cm³/mol. The van der Waals surface area contributed by atoms with Crippen molar-refractivity contribution < 1.29 is 14.3 Å². The first kappa shape index (κ1) is 22.1. The van der Waals surface area contributed by atoms with Gasteiger partial charge in [0.15, 0.2) is 6.29 Å². The van der Waals surface area contributed by atoms with Gasteiger partial charge in [-0.15, -0.1) is 0 Å². The van der Waals surface area contributed by atoms with Gasteiger partial charge in [0.1, 0.15) is 5.60 Å². The van der Waals surface area contributed by atoms with Gasteiger partial charge in [-0.2, -0.15) is 0 Å². The summed E-state index contributed by atoms with van der Waals surface area (Å²) >= 11 is 0. The zero-order valence-electron chi connectivity index (χ0n) is 18.7. The van der Waals surface area contributed by atoms with E-state index in [0.29, 0.717) is 18.0 Å². The summed E-state index contributed by atoms with van der Waals surface area (Å²) in [5, 5.41) is 4.03. The van der Waals surface area contributed by atoms with E-state index in [-0.39, 0.29) is 12.1 Å². The molecule has 0 saturated carbocycles. The number of hydrogen-bond donors (Lipinski definition) is 1. The first-order valence-electron chi connectivity index (χ1n) is 10.8. The molecule has 1 aliphatic rings. The van der Waals surface area contributed by atoms with Crippen LogP contribution >= 0.6 is 0 Å². The van der Waals surface area contributed by atoms with E-state index in [1.807, 2.05) is 39.1 Å². The molecule has 1 aromatic carbocycles. The summed E-state index contributed by atoms with van der Waals surface area (Å²) in [5.41, 5.74) is 3.04. The molecule has 0 bridgehead atoms. The number of piperidine rings is 1. The lowest BCUT2D eigenvalue weighted by molar-refractivity contribution is 0.0495.